The number of halogens is 1. The fourth-order valence-corrected chi connectivity index (χ4v) is 4.12. The van der Waals surface area contributed by atoms with E-state index in [0.29, 0.717) is 28.5 Å². The van der Waals surface area contributed by atoms with Gasteiger partial charge in [-0.25, -0.2) is 9.37 Å². The molecule has 1 fully saturated rings. The van der Waals surface area contributed by atoms with Gasteiger partial charge in [0.2, 0.25) is 5.95 Å². The first-order valence-electron chi connectivity index (χ1n) is 10.4. The Hall–Kier alpha value is -3.68. The first kappa shape index (κ1) is 19.3. The van der Waals surface area contributed by atoms with Gasteiger partial charge < -0.3 is 10.2 Å². The fraction of sp³-hybridized carbons (Fsp3) is 0.261. The van der Waals surface area contributed by atoms with E-state index >= 15 is 0 Å². The summed E-state index contributed by atoms with van der Waals surface area (Å²) in [6.45, 7) is 4.17. The lowest BCUT2D eigenvalue weighted by Gasteiger charge is -2.25. The molecule has 31 heavy (non-hydrogen) atoms. The van der Waals surface area contributed by atoms with Crippen LogP contribution in [0.3, 0.4) is 0 Å². The quantitative estimate of drug-likeness (QED) is 0.481. The highest BCUT2D eigenvalue weighted by Crippen LogP contribution is 2.38. The normalized spacial score (nSPS) is 13.7. The van der Waals surface area contributed by atoms with Gasteiger partial charge in [-0.3, -0.25) is 10.00 Å². The Morgan fingerprint density at radius 1 is 1.13 bits per heavy atom. The van der Waals surface area contributed by atoms with Gasteiger partial charge >= 0.3 is 0 Å². The minimum atomic E-state index is -0.344. The summed E-state index contributed by atoms with van der Waals surface area (Å²) in [6.07, 6.45) is 4.10. The molecule has 0 unspecified atom stereocenters. The zero-order chi connectivity index (χ0) is 21.4. The molecule has 2 aromatic heterocycles. The molecule has 5 rings (SSSR count). The van der Waals surface area contributed by atoms with Crippen molar-refractivity contribution < 1.29 is 4.39 Å². The SMILES string of the molecule is CNc1ccnc(N(c2cc(C)cc(N3CCCC3)c2)c2n[nH]c3c(F)cccc23)n1. The number of anilines is 5. The number of H-pyrrole nitrogens is 1. The Morgan fingerprint density at radius 2 is 1.97 bits per heavy atom. The van der Waals surface area contributed by atoms with Crippen LogP contribution in [0.4, 0.5) is 33.3 Å². The van der Waals surface area contributed by atoms with Crippen LogP contribution >= 0.6 is 0 Å². The van der Waals surface area contributed by atoms with E-state index in [1.165, 1.54) is 18.9 Å². The average molecular weight is 417 g/mol. The molecular formula is C23H24FN7. The number of aromatic nitrogens is 4. The molecule has 8 heteroatoms. The van der Waals surface area contributed by atoms with Crippen molar-refractivity contribution in [2.75, 3.05) is 35.3 Å². The molecule has 4 aromatic rings. The predicted octanol–water partition coefficient (Wildman–Crippen LogP) is 4.91. The van der Waals surface area contributed by atoms with Crippen molar-refractivity contribution in [3.05, 3.63) is 60.0 Å². The van der Waals surface area contributed by atoms with E-state index in [1.54, 1.807) is 18.3 Å². The fourth-order valence-electron chi connectivity index (χ4n) is 4.12. The van der Waals surface area contributed by atoms with E-state index in [4.69, 9.17) is 0 Å². The van der Waals surface area contributed by atoms with E-state index in [1.807, 2.05) is 18.0 Å². The molecule has 0 bridgehead atoms. The van der Waals surface area contributed by atoms with Crippen molar-refractivity contribution in [3.8, 4) is 0 Å². The summed E-state index contributed by atoms with van der Waals surface area (Å²) in [4.78, 5) is 13.4. The first-order valence-corrected chi connectivity index (χ1v) is 10.4. The van der Waals surface area contributed by atoms with E-state index in [-0.39, 0.29) is 5.82 Å². The second kappa shape index (κ2) is 7.86. The highest BCUT2D eigenvalue weighted by molar-refractivity contribution is 5.95. The lowest BCUT2D eigenvalue weighted by molar-refractivity contribution is 0.636. The molecule has 1 saturated heterocycles. The van der Waals surface area contributed by atoms with Gasteiger partial charge in [0.05, 0.1) is 5.69 Å². The third kappa shape index (κ3) is 3.54. The lowest BCUT2D eigenvalue weighted by Crippen LogP contribution is -2.19. The number of fused-ring (bicyclic) bond motifs is 1. The molecule has 0 spiro atoms. The van der Waals surface area contributed by atoms with Crippen LogP contribution in [-0.2, 0) is 0 Å². The van der Waals surface area contributed by atoms with Gasteiger partial charge in [-0.2, -0.15) is 10.1 Å². The Bertz CT molecular complexity index is 1230. The second-order valence-electron chi connectivity index (χ2n) is 7.76. The van der Waals surface area contributed by atoms with Crippen LogP contribution in [0.1, 0.15) is 18.4 Å². The summed E-state index contributed by atoms with van der Waals surface area (Å²) in [5.41, 5.74) is 3.53. The van der Waals surface area contributed by atoms with Crippen LogP contribution < -0.4 is 15.1 Å². The van der Waals surface area contributed by atoms with Crippen molar-refractivity contribution in [1.82, 2.24) is 20.2 Å². The maximum Gasteiger partial charge on any atom is 0.237 e. The maximum atomic E-state index is 14.4. The average Bonchev–Trinajstić information content (AvgIpc) is 3.45. The van der Waals surface area contributed by atoms with Crippen molar-refractivity contribution in [3.63, 3.8) is 0 Å². The van der Waals surface area contributed by atoms with E-state index < -0.39 is 0 Å². The van der Waals surface area contributed by atoms with Crippen molar-refractivity contribution in [2.45, 2.75) is 19.8 Å². The number of aromatic amines is 1. The molecule has 1 aliphatic heterocycles. The third-order valence-electron chi connectivity index (χ3n) is 5.62. The minimum absolute atomic E-state index is 0.344. The Labute approximate surface area is 179 Å². The van der Waals surface area contributed by atoms with Gasteiger partial charge in [0.25, 0.3) is 0 Å². The van der Waals surface area contributed by atoms with Gasteiger partial charge in [-0.1, -0.05) is 6.07 Å². The smallest absolute Gasteiger partial charge is 0.237 e. The molecule has 0 atom stereocenters. The number of nitrogens with one attached hydrogen (secondary N) is 2. The zero-order valence-electron chi connectivity index (χ0n) is 17.6. The Morgan fingerprint density at radius 3 is 2.77 bits per heavy atom. The lowest BCUT2D eigenvalue weighted by atomic mass is 10.1. The highest BCUT2D eigenvalue weighted by atomic mass is 19.1. The largest absolute Gasteiger partial charge is 0.373 e. The number of hydrogen-bond donors (Lipinski definition) is 2. The van der Waals surface area contributed by atoms with Gasteiger partial charge in [0, 0.05) is 37.4 Å². The van der Waals surface area contributed by atoms with E-state index in [2.05, 4.69) is 55.5 Å². The van der Waals surface area contributed by atoms with Crippen LogP contribution in [0.2, 0.25) is 0 Å². The van der Waals surface area contributed by atoms with Gasteiger partial charge in [0.15, 0.2) is 5.82 Å². The number of nitrogens with zero attached hydrogens (tertiary/aromatic N) is 5. The van der Waals surface area contributed by atoms with Gasteiger partial charge in [-0.05, 0) is 61.7 Å². The van der Waals surface area contributed by atoms with E-state index in [9.17, 15) is 4.39 Å². The Balaban J connectivity index is 1.72. The van der Waals surface area contributed by atoms with Crippen LogP contribution in [-0.4, -0.2) is 40.3 Å². The first-order chi connectivity index (χ1) is 15.1. The summed E-state index contributed by atoms with van der Waals surface area (Å²) in [5.74, 6) is 1.36. The van der Waals surface area contributed by atoms with E-state index in [0.717, 1.165) is 30.0 Å². The molecule has 0 saturated carbocycles. The standard InChI is InChI=1S/C23H24FN7/c1-15-12-16(30-10-3-4-11-30)14-17(13-15)31(23-26-9-8-20(25-2)27-23)22-18-6-5-7-19(24)21(18)28-29-22/h5-9,12-14H,3-4,10-11H2,1-2H3,(H,28,29)(H,25,26,27). The molecule has 2 N–H and O–H groups in total. The summed E-state index contributed by atoms with van der Waals surface area (Å²) >= 11 is 0. The van der Waals surface area contributed by atoms with Gasteiger partial charge in [0.1, 0.15) is 17.2 Å². The number of benzene rings is 2. The molecule has 0 radical (unpaired) electrons. The van der Waals surface area contributed by atoms with Crippen LogP contribution in [0.5, 0.6) is 0 Å². The number of para-hydroxylation sites is 1. The molecule has 158 valence electrons. The number of aryl methyl sites for hydroxylation is 1. The summed E-state index contributed by atoms with van der Waals surface area (Å²) in [7, 11) is 1.81. The number of rotatable bonds is 5. The minimum Gasteiger partial charge on any atom is -0.373 e. The van der Waals surface area contributed by atoms with Crippen LogP contribution in [0.25, 0.3) is 10.9 Å². The van der Waals surface area contributed by atoms with Gasteiger partial charge in [-0.15, -0.1) is 0 Å². The highest BCUT2D eigenvalue weighted by Gasteiger charge is 2.23. The van der Waals surface area contributed by atoms with Crippen LogP contribution in [0, 0.1) is 12.7 Å². The molecular weight excluding hydrogens is 393 g/mol. The monoisotopic (exact) mass is 417 g/mol. The predicted molar refractivity (Wildman–Crippen MR) is 122 cm³/mol. The third-order valence-corrected chi connectivity index (χ3v) is 5.62. The zero-order valence-corrected chi connectivity index (χ0v) is 17.6. The maximum absolute atomic E-state index is 14.4. The van der Waals surface area contributed by atoms with Crippen molar-refractivity contribution in [1.29, 1.82) is 0 Å². The molecule has 2 aromatic carbocycles. The molecule has 1 aliphatic rings. The summed E-state index contributed by atoms with van der Waals surface area (Å²) in [5, 5.41) is 11.0. The molecule has 0 aliphatic carbocycles. The Kier molecular flexibility index (Phi) is 4.89. The van der Waals surface area contributed by atoms with Crippen LogP contribution in [0.15, 0.2) is 48.7 Å². The topological polar surface area (TPSA) is 73.0 Å². The molecule has 3 heterocycles. The number of hydrogen-bond acceptors (Lipinski definition) is 6. The summed E-state index contributed by atoms with van der Waals surface area (Å²) in [6, 6.07) is 13.2. The van der Waals surface area contributed by atoms with Crippen molar-refractivity contribution in [2.24, 2.45) is 0 Å². The van der Waals surface area contributed by atoms with Crippen molar-refractivity contribution >= 4 is 39.9 Å². The summed E-state index contributed by atoms with van der Waals surface area (Å²) < 4.78 is 14.4. The second-order valence-corrected chi connectivity index (χ2v) is 7.76. The molecule has 0 amide bonds. The molecule has 7 nitrogen and oxygen atoms in total.